The average Bonchev–Trinajstić information content (AvgIpc) is 3.02. The van der Waals surface area contributed by atoms with E-state index in [1.807, 2.05) is 61.6 Å². The average molecular weight is 373 g/mol. The smallest absolute Gasteiger partial charge is 0.270 e. The zero-order chi connectivity index (χ0) is 19.8. The molecule has 2 heterocycles. The van der Waals surface area contributed by atoms with Crippen molar-refractivity contribution in [3.8, 4) is 11.3 Å². The lowest BCUT2D eigenvalue weighted by Gasteiger charge is -2.11. The molecule has 7 nitrogen and oxygen atoms in total. The van der Waals surface area contributed by atoms with Crippen LogP contribution in [0, 0.1) is 30.9 Å². The van der Waals surface area contributed by atoms with Gasteiger partial charge in [-0.15, -0.1) is 0 Å². The number of aromatic nitrogens is 3. The molecule has 4 rings (SSSR count). The molecule has 2 aromatic heterocycles. The number of non-ortho nitro benzene ring substituents is 1. The summed E-state index contributed by atoms with van der Waals surface area (Å²) in [5.41, 5.74) is 5.20. The number of imidazole rings is 1. The molecule has 0 aliphatic heterocycles. The number of nitro benzene ring substituents is 1. The minimum atomic E-state index is -0.403. The Morgan fingerprint density at radius 1 is 1.00 bits per heavy atom. The molecule has 140 valence electrons. The van der Waals surface area contributed by atoms with E-state index in [4.69, 9.17) is 0 Å². The molecule has 0 fully saturated rings. The van der Waals surface area contributed by atoms with E-state index in [2.05, 4.69) is 15.3 Å². The van der Waals surface area contributed by atoms with Gasteiger partial charge in [0.05, 0.1) is 4.92 Å². The number of fused-ring (bicyclic) bond motifs is 1. The van der Waals surface area contributed by atoms with Crippen LogP contribution in [-0.4, -0.2) is 19.3 Å². The second-order valence-corrected chi connectivity index (χ2v) is 6.78. The normalized spacial score (nSPS) is 11.0. The summed E-state index contributed by atoms with van der Waals surface area (Å²) >= 11 is 0. The summed E-state index contributed by atoms with van der Waals surface area (Å²) in [6.07, 6.45) is 0. The summed E-state index contributed by atoms with van der Waals surface area (Å²) in [7, 11) is 0. The zero-order valence-electron chi connectivity index (χ0n) is 15.8. The van der Waals surface area contributed by atoms with Gasteiger partial charge in [0.15, 0.2) is 0 Å². The molecule has 7 heteroatoms. The van der Waals surface area contributed by atoms with Crippen LogP contribution in [0.3, 0.4) is 0 Å². The van der Waals surface area contributed by atoms with Crippen LogP contribution < -0.4 is 5.32 Å². The molecule has 0 unspecified atom stereocenters. The zero-order valence-corrected chi connectivity index (χ0v) is 15.8. The van der Waals surface area contributed by atoms with Gasteiger partial charge in [-0.05, 0) is 39.0 Å². The summed E-state index contributed by atoms with van der Waals surface area (Å²) in [6.45, 7) is 5.94. The third-order valence-electron chi connectivity index (χ3n) is 4.55. The van der Waals surface area contributed by atoms with E-state index < -0.39 is 4.92 Å². The van der Waals surface area contributed by atoms with Crippen LogP contribution in [-0.2, 0) is 0 Å². The van der Waals surface area contributed by atoms with Crippen LogP contribution in [0.25, 0.3) is 17.0 Å². The standard InChI is InChI=1S/C21H19N5O2/c1-13-7-9-17(10-8-13)23-20-19(16-5-4-6-18(12-16)26(27)28)24-21-22-14(2)11-15(3)25(20)21/h4-12,23H,1-3H3. The van der Waals surface area contributed by atoms with E-state index in [1.165, 1.54) is 12.1 Å². The molecule has 0 aliphatic rings. The van der Waals surface area contributed by atoms with Gasteiger partial charge in [-0.1, -0.05) is 29.8 Å². The van der Waals surface area contributed by atoms with Crippen molar-refractivity contribution in [3.63, 3.8) is 0 Å². The van der Waals surface area contributed by atoms with Crippen LogP contribution >= 0.6 is 0 Å². The Hall–Kier alpha value is -3.74. The highest BCUT2D eigenvalue weighted by Gasteiger charge is 2.19. The molecule has 0 atom stereocenters. The van der Waals surface area contributed by atoms with E-state index >= 15 is 0 Å². The summed E-state index contributed by atoms with van der Waals surface area (Å²) in [5, 5.41) is 14.6. The first-order chi connectivity index (χ1) is 13.4. The SMILES string of the molecule is Cc1ccc(Nc2c(-c3cccc([N+](=O)[O-])c3)nc3nc(C)cc(C)n23)cc1. The number of hydrogen-bond acceptors (Lipinski definition) is 5. The number of nitrogens with one attached hydrogen (secondary N) is 1. The Labute approximate surface area is 161 Å². The first-order valence-electron chi connectivity index (χ1n) is 8.87. The molecule has 0 amide bonds. The van der Waals surface area contributed by atoms with Crippen LogP contribution in [0.1, 0.15) is 17.0 Å². The molecule has 2 aromatic carbocycles. The molecule has 4 aromatic rings. The Bertz CT molecular complexity index is 1200. The second-order valence-electron chi connectivity index (χ2n) is 6.78. The third kappa shape index (κ3) is 3.18. The van der Waals surface area contributed by atoms with Gasteiger partial charge in [-0.25, -0.2) is 9.97 Å². The highest BCUT2D eigenvalue weighted by atomic mass is 16.6. The van der Waals surface area contributed by atoms with Crippen molar-refractivity contribution < 1.29 is 4.92 Å². The molecule has 0 spiro atoms. The van der Waals surface area contributed by atoms with Crippen LogP contribution in [0.2, 0.25) is 0 Å². The number of anilines is 2. The van der Waals surface area contributed by atoms with Gasteiger partial charge in [0, 0.05) is 34.8 Å². The third-order valence-corrected chi connectivity index (χ3v) is 4.55. The fraction of sp³-hybridized carbons (Fsp3) is 0.143. The molecule has 0 saturated carbocycles. The molecule has 0 radical (unpaired) electrons. The van der Waals surface area contributed by atoms with Crippen LogP contribution in [0.4, 0.5) is 17.2 Å². The summed E-state index contributed by atoms with van der Waals surface area (Å²) in [5.74, 6) is 1.28. The fourth-order valence-corrected chi connectivity index (χ4v) is 3.23. The van der Waals surface area contributed by atoms with E-state index in [0.717, 1.165) is 28.5 Å². The fourth-order valence-electron chi connectivity index (χ4n) is 3.23. The highest BCUT2D eigenvalue weighted by molar-refractivity contribution is 5.80. The van der Waals surface area contributed by atoms with Gasteiger partial charge >= 0.3 is 0 Å². The molecule has 28 heavy (non-hydrogen) atoms. The maximum absolute atomic E-state index is 11.2. The van der Waals surface area contributed by atoms with Crippen molar-refractivity contribution in [2.24, 2.45) is 0 Å². The molecule has 0 saturated heterocycles. The number of hydrogen-bond donors (Lipinski definition) is 1. The van der Waals surface area contributed by atoms with Gasteiger partial charge < -0.3 is 5.32 Å². The van der Waals surface area contributed by atoms with Crippen molar-refractivity contribution in [2.45, 2.75) is 20.8 Å². The van der Waals surface area contributed by atoms with Crippen LogP contribution in [0.15, 0.2) is 54.6 Å². The van der Waals surface area contributed by atoms with E-state index in [0.29, 0.717) is 17.0 Å². The van der Waals surface area contributed by atoms with Gasteiger partial charge in [0.2, 0.25) is 5.78 Å². The van der Waals surface area contributed by atoms with E-state index in [-0.39, 0.29) is 5.69 Å². The van der Waals surface area contributed by atoms with Crippen molar-refractivity contribution in [3.05, 3.63) is 81.7 Å². The van der Waals surface area contributed by atoms with Crippen molar-refractivity contribution in [1.29, 1.82) is 0 Å². The minimum Gasteiger partial charge on any atom is -0.339 e. The maximum atomic E-state index is 11.2. The van der Waals surface area contributed by atoms with E-state index in [9.17, 15) is 10.1 Å². The van der Waals surface area contributed by atoms with Gasteiger partial charge in [-0.2, -0.15) is 0 Å². The lowest BCUT2D eigenvalue weighted by atomic mass is 10.1. The van der Waals surface area contributed by atoms with Crippen molar-refractivity contribution in [2.75, 3.05) is 5.32 Å². The summed E-state index contributed by atoms with van der Waals surface area (Å²) in [6, 6.07) is 16.5. The predicted octanol–water partition coefficient (Wildman–Crippen LogP) is 4.97. The highest BCUT2D eigenvalue weighted by Crippen LogP contribution is 2.33. The number of benzene rings is 2. The Morgan fingerprint density at radius 3 is 2.46 bits per heavy atom. The quantitative estimate of drug-likeness (QED) is 0.403. The lowest BCUT2D eigenvalue weighted by molar-refractivity contribution is -0.384. The molecule has 0 aliphatic carbocycles. The second kappa shape index (κ2) is 6.77. The topological polar surface area (TPSA) is 85.4 Å². The first kappa shape index (κ1) is 17.7. The summed E-state index contributed by atoms with van der Waals surface area (Å²) in [4.78, 5) is 20.0. The van der Waals surface area contributed by atoms with Crippen molar-refractivity contribution in [1.82, 2.24) is 14.4 Å². The largest absolute Gasteiger partial charge is 0.339 e. The van der Waals surface area contributed by atoms with E-state index in [1.54, 1.807) is 6.07 Å². The monoisotopic (exact) mass is 373 g/mol. The minimum absolute atomic E-state index is 0.0247. The number of rotatable bonds is 4. The molecular formula is C21H19N5O2. The number of nitro groups is 1. The first-order valence-corrected chi connectivity index (χ1v) is 8.87. The molecule has 0 bridgehead atoms. The Morgan fingerprint density at radius 2 is 1.75 bits per heavy atom. The Kier molecular flexibility index (Phi) is 4.27. The summed E-state index contributed by atoms with van der Waals surface area (Å²) < 4.78 is 1.93. The number of nitrogens with zero attached hydrogens (tertiary/aromatic N) is 4. The lowest BCUT2D eigenvalue weighted by Crippen LogP contribution is -2.01. The van der Waals surface area contributed by atoms with Crippen molar-refractivity contribution >= 4 is 23.0 Å². The molecule has 1 N–H and O–H groups in total. The predicted molar refractivity (Wildman–Crippen MR) is 109 cm³/mol. The van der Waals surface area contributed by atoms with Crippen LogP contribution in [0.5, 0.6) is 0 Å². The van der Waals surface area contributed by atoms with Gasteiger partial charge in [0.1, 0.15) is 11.5 Å². The Balaban J connectivity index is 1.94. The molecular weight excluding hydrogens is 354 g/mol. The van der Waals surface area contributed by atoms with Gasteiger partial charge in [0.25, 0.3) is 5.69 Å². The number of aryl methyl sites for hydroxylation is 3. The maximum Gasteiger partial charge on any atom is 0.270 e. The van der Waals surface area contributed by atoms with Gasteiger partial charge in [-0.3, -0.25) is 14.5 Å².